The van der Waals surface area contributed by atoms with Crippen molar-refractivity contribution in [3.63, 3.8) is 0 Å². The zero-order chi connectivity index (χ0) is 31.4. The maximum absolute atomic E-state index is 12.6. The van der Waals surface area contributed by atoms with Gasteiger partial charge in [-0.15, -0.1) is 5.11 Å². The van der Waals surface area contributed by atoms with Crippen LogP contribution in [0.4, 0.5) is 17.1 Å². The summed E-state index contributed by atoms with van der Waals surface area (Å²) in [4.78, 5) is 34.0. The van der Waals surface area contributed by atoms with Gasteiger partial charge in [-0.2, -0.15) is 5.11 Å². The van der Waals surface area contributed by atoms with Crippen LogP contribution < -0.4 is 0 Å². The van der Waals surface area contributed by atoms with Crippen molar-refractivity contribution in [2.75, 3.05) is 6.54 Å². The number of ether oxygens (including phenoxy) is 1. The minimum absolute atomic E-state index is 0.0152. The van der Waals surface area contributed by atoms with Gasteiger partial charge in [-0.25, -0.2) is 0 Å². The van der Waals surface area contributed by atoms with Gasteiger partial charge in [0.05, 0.1) is 22.5 Å². The van der Waals surface area contributed by atoms with Gasteiger partial charge >= 0.3 is 11.7 Å². The van der Waals surface area contributed by atoms with E-state index in [1.54, 1.807) is 0 Å². The summed E-state index contributed by atoms with van der Waals surface area (Å²) in [5, 5.41) is 31.2. The van der Waals surface area contributed by atoms with Crippen LogP contribution in [0, 0.1) is 61.2 Å². The maximum atomic E-state index is 12.6. The van der Waals surface area contributed by atoms with E-state index in [2.05, 4.69) is 44.8 Å². The highest BCUT2D eigenvalue weighted by Gasteiger charge is 2.58. The van der Waals surface area contributed by atoms with Gasteiger partial charge in [0.1, 0.15) is 5.60 Å². The summed E-state index contributed by atoms with van der Waals surface area (Å²) in [7, 11) is 0. The van der Waals surface area contributed by atoms with Crippen molar-refractivity contribution in [1.29, 1.82) is 0 Å². The van der Waals surface area contributed by atoms with Gasteiger partial charge in [-0.3, -0.25) is 25.0 Å². The molecule has 2 unspecified atom stereocenters. The number of hydrogen-bond acceptors (Lipinski definition) is 8. The van der Waals surface area contributed by atoms with E-state index in [1.807, 2.05) is 0 Å². The van der Waals surface area contributed by atoms with Gasteiger partial charge in [-0.05, 0) is 99.4 Å². The largest absolute Gasteiger partial charge is 0.459 e. The molecule has 1 aromatic rings. The van der Waals surface area contributed by atoms with E-state index >= 15 is 0 Å². The quantitative estimate of drug-likeness (QED) is 0.102. The molecule has 3 fully saturated rings. The summed E-state index contributed by atoms with van der Waals surface area (Å²) < 4.78 is 6.22. The first-order valence-corrected chi connectivity index (χ1v) is 16.4. The molecule has 43 heavy (non-hydrogen) atoms. The molecule has 10 nitrogen and oxygen atoms in total. The van der Waals surface area contributed by atoms with Crippen molar-refractivity contribution in [1.82, 2.24) is 0 Å². The minimum atomic E-state index is -0.661. The average molecular weight is 599 g/mol. The van der Waals surface area contributed by atoms with Crippen molar-refractivity contribution >= 4 is 23.0 Å². The number of fused-ring (bicyclic) bond motifs is 1. The highest BCUT2D eigenvalue weighted by atomic mass is 16.6. The fraction of sp³-hybridized carbons (Fsp3) is 0.788. The summed E-state index contributed by atoms with van der Waals surface area (Å²) in [6.45, 7) is 12.1. The van der Waals surface area contributed by atoms with E-state index in [0.717, 1.165) is 56.9 Å². The molecule has 0 spiro atoms. The summed E-state index contributed by atoms with van der Waals surface area (Å²) in [6.07, 6.45) is 12.3. The zero-order valence-corrected chi connectivity index (χ0v) is 26.6. The molecule has 1 saturated heterocycles. The molecule has 1 heterocycles. The number of hydrogen-bond donors (Lipinski definition) is 0. The van der Waals surface area contributed by atoms with Gasteiger partial charge in [0.15, 0.2) is 5.69 Å². The molecule has 0 N–H and O–H groups in total. The Balaban J connectivity index is 1.56. The molecule has 1 aromatic carbocycles. The minimum Gasteiger partial charge on any atom is -0.459 e. The van der Waals surface area contributed by atoms with Crippen LogP contribution in [0.15, 0.2) is 28.4 Å². The lowest BCUT2D eigenvalue weighted by Gasteiger charge is -2.54. The number of non-ortho nitro benzene ring substituents is 1. The van der Waals surface area contributed by atoms with E-state index in [1.165, 1.54) is 37.8 Å². The molecule has 0 aromatic heterocycles. The first-order chi connectivity index (χ1) is 20.4. The molecule has 3 aliphatic rings. The van der Waals surface area contributed by atoms with Crippen LogP contribution in [0.2, 0.25) is 0 Å². The monoisotopic (exact) mass is 598 g/mol. The molecule has 2 aliphatic carbocycles. The van der Waals surface area contributed by atoms with Crippen LogP contribution >= 0.6 is 0 Å². The van der Waals surface area contributed by atoms with Crippen LogP contribution in [0.5, 0.6) is 0 Å². The van der Waals surface area contributed by atoms with E-state index < -0.39 is 21.1 Å². The Bertz CT molecular complexity index is 1200. The Labute approximate surface area is 255 Å². The molecule has 7 atom stereocenters. The van der Waals surface area contributed by atoms with E-state index in [4.69, 9.17) is 4.74 Å². The van der Waals surface area contributed by atoms with Gasteiger partial charge in [-0.1, -0.05) is 47.0 Å². The van der Waals surface area contributed by atoms with Crippen LogP contribution in [-0.2, 0) is 9.53 Å². The predicted octanol–water partition coefficient (Wildman–Crippen LogP) is 9.37. The van der Waals surface area contributed by atoms with Gasteiger partial charge in [0.2, 0.25) is 0 Å². The number of nitro groups is 2. The van der Waals surface area contributed by atoms with Crippen LogP contribution in [-0.4, -0.2) is 28.0 Å². The molecular weight excluding hydrogens is 548 g/mol. The first kappa shape index (κ1) is 33.0. The zero-order valence-electron chi connectivity index (χ0n) is 26.6. The summed E-state index contributed by atoms with van der Waals surface area (Å²) in [5.41, 5.74) is -1.05. The van der Waals surface area contributed by atoms with Gasteiger partial charge in [0.25, 0.3) is 5.69 Å². The van der Waals surface area contributed by atoms with Crippen molar-refractivity contribution in [2.45, 2.75) is 117 Å². The van der Waals surface area contributed by atoms with Crippen molar-refractivity contribution in [2.24, 2.45) is 51.2 Å². The standard InChI is InChI=1S/C33H50N4O6/c1-22(2)9-8-10-23(3)26-13-14-27-25(17-20-34-35-29-15-12-24(36(39)40)21-30(29)37(41)42)28(16-19-32(26,27)4)33(5)18-7-6-11-31(38)43-33/h12,15,21-23,25-28H,6-11,13-14,16-20H2,1-5H3/t23-,25+,26-,27?,28?,32-,33-/m1/s1. The Morgan fingerprint density at radius 2 is 1.77 bits per heavy atom. The Kier molecular flexibility index (Phi) is 10.6. The summed E-state index contributed by atoms with van der Waals surface area (Å²) in [6, 6.07) is 3.43. The second-order valence-electron chi connectivity index (χ2n) is 14.3. The SMILES string of the molecule is CC(C)CCC[C@@H](C)[C@H]1CCC2[C@H](CCN=Nc3ccc([N+](=O)[O-])cc3[N+](=O)[O-])C([C@@]3(C)CCCCC(=O)O3)CC[C@@]21C. The molecule has 238 valence electrons. The Morgan fingerprint density at radius 3 is 2.47 bits per heavy atom. The maximum Gasteiger partial charge on any atom is 0.306 e. The third-order valence-corrected chi connectivity index (χ3v) is 11.2. The number of cyclic esters (lactones) is 1. The summed E-state index contributed by atoms with van der Waals surface area (Å²) in [5.74, 6) is 2.98. The molecule has 0 amide bonds. The van der Waals surface area contributed by atoms with Crippen LogP contribution in [0.25, 0.3) is 0 Å². The fourth-order valence-corrected chi connectivity index (χ4v) is 9.03. The molecule has 1 aliphatic heterocycles. The van der Waals surface area contributed by atoms with Gasteiger partial charge < -0.3 is 4.74 Å². The number of nitro benzene ring substituents is 2. The number of carbonyl (C=O) groups excluding carboxylic acids is 1. The lowest BCUT2D eigenvalue weighted by Crippen LogP contribution is -2.51. The lowest BCUT2D eigenvalue weighted by molar-refractivity contribution is -0.393. The Morgan fingerprint density at radius 1 is 1.00 bits per heavy atom. The third kappa shape index (κ3) is 7.43. The summed E-state index contributed by atoms with van der Waals surface area (Å²) >= 11 is 0. The van der Waals surface area contributed by atoms with E-state index in [9.17, 15) is 25.0 Å². The smallest absolute Gasteiger partial charge is 0.306 e. The fourth-order valence-electron chi connectivity index (χ4n) is 9.03. The van der Waals surface area contributed by atoms with Crippen molar-refractivity contribution in [3.05, 3.63) is 38.4 Å². The van der Waals surface area contributed by atoms with Gasteiger partial charge in [0, 0.05) is 18.4 Å². The van der Waals surface area contributed by atoms with E-state index in [0.29, 0.717) is 36.6 Å². The number of benzene rings is 1. The second kappa shape index (κ2) is 13.8. The second-order valence-corrected chi connectivity index (χ2v) is 14.3. The predicted molar refractivity (Wildman–Crippen MR) is 165 cm³/mol. The number of esters is 1. The molecule has 4 rings (SSSR count). The first-order valence-electron chi connectivity index (χ1n) is 16.4. The highest BCUT2D eigenvalue weighted by molar-refractivity contribution is 5.70. The van der Waals surface area contributed by atoms with Crippen molar-refractivity contribution in [3.8, 4) is 0 Å². The number of nitrogens with zero attached hydrogens (tertiary/aromatic N) is 4. The molecule has 0 radical (unpaired) electrons. The highest BCUT2D eigenvalue weighted by Crippen LogP contribution is 2.63. The molecular formula is C33H50N4O6. The van der Waals surface area contributed by atoms with E-state index in [-0.39, 0.29) is 28.7 Å². The van der Waals surface area contributed by atoms with Crippen LogP contribution in [0.1, 0.15) is 112 Å². The number of rotatable bonds is 12. The third-order valence-electron chi connectivity index (χ3n) is 11.2. The number of carbonyl (C=O) groups is 1. The molecule has 2 saturated carbocycles. The van der Waals surface area contributed by atoms with Crippen LogP contribution in [0.3, 0.4) is 0 Å². The Hall–Kier alpha value is -2.91. The average Bonchev–Trinajstić information content (AvgIpc) is 3.20. The molecule has 10 heteroatoms. The van der Waals surface area contributed by atoms with Crippen molar-refractivity contribution < 1.29 is 19.4 Å². The lowest BCUT2D eigenvalue weighted by atomic mass is 9.53. The normalized spacial score (nSPS) is 31.9. The molecule has 0 bridgehead atoms. The topological polar surface area (TPSA) is 137 Å². The number of azo groups is 1.